The summed E-state index contributed by atoms with van der Waals surface area (Å²) >= 11 is 0. The maximum Gasteiger partial charge on any atom is 0.167 e. The topological polar surface area (TPSA) is 102 Å². The molecule has 0 unspecified atom stereocenters. The van der Waals surface area contributed by atoms with E-state index in [0.717, 1.165) is 11.3 Å². The Kier molecular flexibility index (Phi) is 5.86. The van der Waals surface area contributed by atoms with Crippen LogP contribution in [0, 0.1) is 11.3 Å². The summed E-state index contributed by atoms with van der Waals surface area (Å²) in [7, 11) is 0. The standard InChI is InChI=1S/C14H22N4O2/c1-4-10-11(7-15)13(18-17-12(10)5-2)16-14(6-3,8-19)9-20/h19-20H,4-6,8-9H2,1-3H3,(H,16,18). The molecule has 3 N–H and O–H groups in total. The molecule has 6 nitrogen and oxygen atoms in total. The van der Waals surface area contributed by atoms with E-state index in [1.165, 1.54) is 0 Å². The molecule has 1 aromatic heterocycles. The zero-order valence-electron chi connectivity index (χ0n) is 12.3. The highest BCUT2D eigenvalue weighted by Gasteiger charge is 2.29. The zero-order valence-corrected chi connectivity index (χ0v) is 12.3. The van der Waals surface area contributed by atoms with Crippen molar-refractivity contribution in [2.45, 2.75) is 45.6 Å². The monoisotopic (exact) mass is 278 g/mol. The molecule has 110 valence electrons. The van der Waals surface area contributed by atoms with Crippen LogP contribution in [-0.4, -0.2) is 39.2 Å². The van der Waals surface area contributed by atoms with Crippen molar-refractivity contribution in [1.82, 2.24) is 10.2 Å². The SMILES string of the molecule is CCc1nnc(NC(CC)(CO)CO)c(C#N)c1CC. The van der Waals surface area contributed by atoms with E-state index in [0.29, 0.717) is 30.6 Å². The number of aliphatic hydroxyl groups excluding tert-OH is 2. The predicted molar refractivity (Wildman–Crippen MR) is 76.3 cm³/mol. The second-order valence-corrected chi connectivity index (χ2v) is 4.74. The third-order valence-electron chi connectivity index (χ3n) is 3.62. The van der Waals surface area contributed by atoms with Crippen molar-refractivity contribution < 1.29 is 10.2 Å². The number of anilines is 1. The number of aliphatic hydroxyl groups is 2. The van der Waals surface area contributed by atoms with Crippen LogP contribution in [0.4, 0.5) is 5.82 Å². The van der Waals surface area contributed by atoms with E-state index in [4.69, 9.17) is 0 Å². The fourth-order valence-corrected chi connectivity index (χ4v) is 2.07. The van der Waals surface area contributed by atoms with Crippen molar-refractivity contribution in [1.29, 1.82) is 5.26 Å². The van der Waals surface area contributed by atoms with E-state index >= 15 is 0 Å². The lowest BCUT2D eigenvalue weighted by atomic mass is 9.97. The second kappa shape index (κ2) is 7.17. The Morgan fingerprint density at radius 1 is 1.15 bits per heavy atom. The molecule has 0 amide bonds. The average Bonchev–Trinajstić information content (AvgIpc) is 2.51. The van der Waals surface area contributed by atoms with Crippen molar-refractivity contribution in [3.05, 3.63) is 16.8 Å². The van der Waals surface area contributed by atoms with E-state index in [-0.39, 0.29) is 13.2 Å². The first-order chi connectivity index (χ1) is 9.61. The van der Waals surface area contributed by atoms with Crippen molar-refractivity contribution in [2.24, 2.45) is 0 Å². The fourth-order valence-electron chi connectivity index (χ4n) is 2.07. The van der Waals surface area contributed by atoms with Crippen LogP contribution in [0.1, 0.15) is 44.0 Å². The smallest absolute Gasteiger partial charge is 0.167 e. The van der Waals surface area contributed by atoms with Gasteiger partial charge in [-0.1, -0.05) is 20.8 Å². The molecule has 0 aliphatic carbocycles. The maximum absolute atomic E-state index is 9.48. The molecule has 0 saturated heterocycles. The molecule has 1 aromatic rings. The lowest BCUT2D eigenvalue weighted by Crippen LogP contribution is -2.45. The van der Waals surface area contributed by atoms with Crippen LogP contribution in [0.5, 0.6) is 0 Å². The summed E-state index contributed by atoms with van der Waals surface area (Å²) in [6, 6.07) is 2.16. The van der Waals surface area contributed by atoms with Crippen LogP contribution in [0.2, 0.25) is 0 Å². The van der Waals surface area contributed by atoms with Crippen LogP contribution in [0.25, 0.3) is 0 Å². The predicted octanol–water partition coefficient (Wildman–Crippen LogP) is 1.02. The number of hydrogen-bond acceptors (Lipinski definition) is 6. The highest BCUT2D eigenvalue weighted by molar-refractivity contribution is 5.57. The van der Waals surface area contributed by atoms with Gasteiger partial charge in [-0.05, 0) is 24.8 Å². The van der Waals surface area contributed by atoms with Crippen LogP contribution in [-0.2, 0) is 12.8 Å². The van der Waals surface area contributed by atoms with Crippen molar-refractivity contribution in [3.63, 3.8) is 0 Å². The van der Waals surface area contributed by atoms with Gasteiger partial charge < -0.3 is 15.5 Å². The molecular formula is C14H22N4O2. The minimum atomic E-state index is -0.890. The summed E-state index contributed by atoms with van der Waals surface area (Å²) in [5, 5.41) is 39.5. The van der Waals surface area contributed by atoms with Gasteiger partial charge in [0.05, 0.1) is 24.4 Å². The second-order valence-electron chi connectivity index (χ2n) is 4.74. The molecule has 0 aromatic carbocycles. The van der Waals surface area contributed by atoms with Crippen molar-refractivity contribution >= 4 is 5.82 Å². The van der Waals surface area contributed by atoms with E-state index in [1.54, 1.807) is 0 Å². The summed E-state index contributed by atoms with van der Waals surface area (Å²) in [6.07, 6.45) is 1.90. The Hall–Kier alpha value is -1.71. The number of aryl methyl sites for hydroxylation is 1. The fraction of sp³-hybridized carbons (Fsp3) is 0.643. The summed E-state index contributed by atoms with van der Waals surface area (Å²) < 4.78 is 0. The molecule has 0 bridgehead atoms. The van der Waals surface area contributed by atoms with Crippen LogP contribution in [0.15, 0.2) is 0 Å². The first-order valence-corrected chi connectivity index (χ1v) is 6.89. The maximum atomic E-state index is 9.48. The Morgan fingerprint density at radius 3 is 2.20 bits per heavy atom. The number of aromatic nitrogens is 2. The molecule has 0 fully saturated rings. The molecule has 6 heteroatoms. The van der Waals surface area contributed by atoms with Crippen molar-refractivity contribution in [3.8, 4) is 6.07 Å². The minimum absolute atomic E-state index is 0.246. The van der Waals surface area contributed by atoms with Crippen molar-refractivity contribution in [2.75, 3.05) is 18.5 Å². The third kappa shape index (κ3) is 3.06. The highest BCUT2D eigenvalue weighted by atomic mass is 16.3. The lowest BCUT2D eigenvalue weighted by Gasteiger charge is -2.30. The summed E-state index contributed by atoms with van der Waals surface area (Å²) in [4.78, 5) is 0. The van der Waals surface area contributed by atoms with Crippen LogP contribution < -0.4 is 5.32 Å². The largest absolute Gasteiger partial charge is 0.394 e. The van der Waals surface area contributed by atoms with Gasteiger partial charge in [0, 0.05) is 0 Å². The van der Waals surface area contributed by atoms with Gasteiger partial charge in [0.15, 0.2) is 5.82 Å². The van der Waals surface area contributed by atoms with Gasteiger partial charge >= 0.3 is 0 Å². The number of rotatable bonds is 7. The van der Waals surface area contributed by atoms with E-state index < -0.39 is 5.54 Å². The van der Waals surface area contributed by atoms with Gasteiger partial charge in [-0.2, -0.15) is 10.4 Å². The van der Waals surface area contributed by atoms with Crippen LogP contribution in [0.3, 0.4) is 0 Å². The molecular weight excluding hydrogens is 256 g/mol. The molecule has 0 aliphatic rings. The Balaban J connectivity index is 3.29. The average molecular weight is 278 g/mol. The lowest BCUT2D eigenvalue weighted by molar-refractivity contribution is 0.132. The van der Waals surface area contributed by atoms with E-state index in [1.807, 2.05) is 20.8 Å². The summed E-state index contributed by atoms with van der Waals surface area (Å²) in [5.74, 6) is 0.325. The quantitative estimate of drug-likeness (QED) is 0.688. The Bertz CT molecular complexity index is 484. The molecule has 0 radical (unpaired) electrons. The molecule has 1 heterocycles. The minimum Gasteiger partial charge on any atom is -0.394 e. The van der Waals surface area contributed by atoms with Gasteiger partial charge in [0.1, 0.15) is 11.6 Å². The van der Waals surface area contributed by atoms with E-state index in [9.17, 15) is 15.5 Å². The Labute approximate surface area is 119 Å². The molecule has 1 rings (SSSR count). The molecule has 0 saturated carbocycles. The number of nitriles is 1. The Morgan fingerprint density at radius 2 is 1.80 bits per heavy atom. The van der Waals surface area contributed by atoms with Gasteiger partial charge in [-0.15, -0.1) is 5.10 Å². The van der Waals surface area contributed by atoms with Gasteiger partial charge in [0.25, 0.3) is 0 Å². The van der Waals surface area contributed by atoms with Gasteiger partial charge in [-0.3, -0.25) is 0 Å². The third-order valence-corrected chi connectivity index (χ3v) is 3.62. The summed E-state index contributed by atoms with van der Waals surface area (Å²) in [5.41, 5.74) is 1.23. The zero-order chi connectivity index (χ0) is 15.2. The molecule has 0 atom stereocenters. The van der Waals surface area contributed by atoms with Crippen LogP contribution >= 0.6 is 0 Å². The normalized spacial score (nSPS) is 11.2. The molecule has 0 aliphatic heterocycles. The highest BCUT2D eigenvalue weighted by Crippen LogP contribution is 2.24. The first kappa shape index (κ1) is 16.3. The molecule has 20 heavy (non-hydrogen) atoms. The number of nitrogens with one attached hydrogen (secondary N) is 1. The van der Waals surface area contributed by atoms with E-state index in [2.05, 4.69) is 21.6 Å². The van der Waals surface area contributed by atoms with Gasteiger partial charge in [-0.25, -0.2) is 0 Å². The number of hydrogen-bond donors (Lipinski definition) is 3. The number of nitrogens with zero attached hydrogens (tertiary/aromatic N) is 3. The molecule has 0 spiro atoms. The first-order valence-electron chi connectivity index (χ1n) is 6.89. The summed E-state index contributed by atoms with van der Waals surface area (Å²) in [6.45, 7) is 5.29. The van der Waals surface area contributed by atoms with Gasteiger partial charge in [0.2, 0.25) is 0 Å².